The number of rotatable bonds is 3. The summed E-state index contributed by atoms with van der Waals surface area (Å²) in [5, 5.41) is 0. The number of nitrogens with two attached hydrogens (primary N) is 1. The maximum absolute atomic E-state index is 5.95. The molecule has 2 atom stereocenters. The largest absolute Gasteiger partial charge is 0.488 e. The van der Waals surface area contributed by atoms with Crippen LogP contribution in [0.2, 0.25) is 0 Å². The van der Waals surface area contributed by atoms with Crippen molar-refractivity contribution < 1.29 is 9.47 Å². The summed E-state index contributed by atoms with van der Waals surface area (Å²) in [7, 11) is 1.76. The van der Waals surface area contributed by atoms with Gasteiger partial charge in [-0.2, -0.15) is 0 Å². The normalized spacial score (nSPS) is 24.6. The molecule has 0 aliphatic heterocycles. The number of ether oxygens (including phenoxy) is 2. The molecule has 2 N–H and O–H groups in total. The monoisotopic (exact) mass is 299 g/mol. The van der Waals surface area contributed by atoms with Crippen LogP contribution in [0.1, 0.15) is 25.7 Å². The van der Waals surface area contributed by atoms with Crippen molar-refractivity contribution in [2.75, 3.05) is 12.8 Å². The zero-order valence-corrected chi connectivity index (χ0v) is 11.6. The fraction of sp³-hybridized carbons (Fsp3) is 0.538. The van der Waals surface area contributed by atoms with Crippen molar-refractivity contribution in [1.29, 1.82) is 0 Å². The first kappa shape index (κ1) is 12.7. The molecule has 1 aliphatic rings. The lowest BCUT2D eigenvalue weighted by Gasteiger charge is -2.29. The van der Waals surface area contributed by atoms with Gasteiger partial charge in [-0.1, -0.05) is 15.9 Å². The molecule has 94 valence electrons. The molecule has 0 aromatic heterocycles. The van der Waals surface area contributed by atoms with Gasteiger partial charge in [0.1, 0.15) is 11.9 Å². The number of hydrogen-bond acceptors (Lipinski definition) is 3. The molecule has 2 unspecified atom stereocenters. The average molecular weight is 300 g/mol. The van der Waals surface area contributed by atoms with E-state index in [9.17, 15) is 0 Å². The van der Waals surface area contributed by atoms with Crippen LogP contribution in [-0.2, 0) is 4.74 Å². The minimum absolute atomic E-state index is 0.220. The molecule has 1 aliphatic carbocycles. The Morgan fingerprint density at radius 3 is 2.76 bits per heavy atom. The number of anilines is 1. The second-order valence-electron chi connectivity index (χ2n) is 4.45. The Morgan fingerprint density at radius 1 is 1.29 bits per heavy atom. The Morgan fingerprint density at radius 2 is 2.06 bits per heavy atom. The molecule has 2 rings (SSSR count). The van der Waals surface area contributed by atoms with Crippen LogP contribution in [-0.4, -0.2) is 19.3 Å². The SMILES string of the molecule is COC1CCCC(Oc2ccc(Br)cc2N)C1. The first-order valence-electron chi connectivity index (χ1n) is 5.93. The lowest BCUT2D eigenvalue weighted by molar-refractivity contribution is 0.0212. The second-order valence-corrected chi connectivity index (χ2v) is 5.36. The molecular weight excluding hydrogens is 282 g/mol. The minimum Gasteiger partial charge on any atom is -0.488 e. The summed E-state index contributed by atoms with van der Waals surface area (Å²) in [6.45, 7) is 0. The predicted molar refractivity (Wildman–Crippen MR) is 72.2 cm³/mol. The van der Waals surface area contributed by atoms with E-state index in [1.165, 1.54) is 0 Å². The standard InChI is InChI=1S/C13H18BrNO2/c1-16-10-3-2-4-11(8-10)17-13-6-5-9(14)7-12(13)15/h5-7,10-11H,2-4,8,15H2,1H3. The van der Waals surface area contributed by atoms with Gasteiger partial charge in [-0.25, -0.2) is 0 Å². The van der Waals surface area contributed by atoms with Crippen molar-refractivity contribution in [3.05, 3.63) is 22.7 Å². The van der Waals surface area contributed by atoms with Gasteiger partial charge in [0.2, 0.25) is 0 Å². The summed E-state index contributed by atoms with van der Waals surface area (Å²) in [5.41, 5.74) is 6.60. The first-order valence-corrected chi connectivity index (χ1v) is 6.73. The summed E-state index contributed by atoms with van der Waals surface area (Å²) in [6.07, 6.45) is 4.86. The smallest absolute Gasteiger partial charge is 0.142 e. The lowest BCUT2D eigenvalue weighted by Crippen LogP contribution is -2.29. The summed E-state index contributed by atoms with van der Waals surface area (Å²) in [4.78, 5) is 0. The van der Waals surface area contributed by atoms with Crippen LogP contribution in [0.4, 0.5) is 5.69 Å². The molecule has 0 bridgehead atoms. The Labute approximate surface area is 110 Å². The molecule has 1 aromatic carbocycles. The van der Waals surface area contributed by atoms with E-state index in [2.05, 4.69) is 15.9 Å². The van der Waals surface area contributed by atoms with Gasteiger partial charge in [0.25, 0.3) is 0 Å². The zero-order chi connectivity index (χ0) is 12.3. The average Bonchev–Trinajstić information content (AvgIpc) is 2.33. The number of methoxy groups -OCH3 is 1. The topological polar surface area (TPSA) is 44.5 Å². The van der Waals surface area contributed by atoms with Crippen molar-refractivity contribution in [1.82, 2.24) is 0 Å². The summed E-state index contributed by atoms with van der Waals surface area (Å²) >= 11 is 3.39. The number of benzene rings is 1. The molecular formula is C13H18BrNO2. The highest BCUT2D eigenvalue weighted by atomic mass is 79.9. The molecule has 4 heteroatoms. The quantitative estimate of drug-likeness (QED) is 0.870. The van der Waals surface area contributed by atoms with Gasteiger partial charge in [-0.15, -0.1) is 0 Å². The molecule has 1 saturated carbocycles. The van der Waals surface area contributed by atoms with Gasteiger partial charge in [0, 0.05) is 18.0 Å². The van der Waals surface area contributed by atoms with E-state index < -0.39 is 0 Å². The van der Waals surface area contributed by atoms with E-state index in [1.54, 1.807) is 7.11 Å². The van der Waals surface area contributed by atoms with E-state index >= 15 is 0 Å². The number of nitrogen functional groups attached to an aromatic ring is 1. The highest BCUT2D eigenvalue weighted by Crippen LogP contribution is 2.30. The molecule has 0 radical (unpaired) electrons. The molecule has 0 saturated heterocycles. The van der Waals surface area contributed by atoms with Crippen LogP contribution in [0, 0.1) is 0 Å². The van der Waals surface area contributed by atoms with Gasteiger partial charge in [-0.05, 0) is 37.5 Å². The number of hydrogen-bond donors (Lipinski definition) is 1. The van der Waals surface area contributed by atoms with Crippen LogP contribution in [0.25, 0.3) is 0 Å². The van der Waals surface area contributed by atoms with Crippen LogP contribution < -0.4 is 10.5 Å². The van der Waals surface area contributed by atoms with Crippen LogP contribution in [0.15, 0.2) is 22.7 Å². The van der Waals surface area contributed by atoms with Crippen LogP contribution in [0.5, 0.6) is 5.75 Å². The first-order chi connectivity index (χ1) is 8.19. The van der Waals surface area contributed by atoms with E-state index in [1.807, 2.05) is 18.2 Å². The molecule has 0 amide bonds. The van der Waals surface area contributed by atoms with E-state index in [4.69, 9.17) is 15.2 Å². The summed E-state index contributed by atoms with van der Waals surface area (Å²) in [5.74, 6) is 0.773. The zero-order valence-electron chi connectivity index (χ0n) is 9.99. The Balaban J connectivity index is 2.00. The minimum atomic E-state index is 0.220. The van der Waals surface area contributed by atoms with Gasteiger partial charge in [0.05, 0.1) is 11.8 Å². The summed E-state index contributed by atoms with van der Waals surface area (Å²) in [6, 6.07) is 5.73. The van der Waals surface area contributed by atoms with Crippen molar-refractivity contribution in [2.24, 2.45) is 0 Å². The third-order valence-electron chi connectivity index (χ3n) is 3.18. The summed E-state index contributed by atoms with van der Waals surface area (Å²) < 4.78 is 12.3. The Hall–Kier alpha value is -0.740. The fourth-order valence-electron chi connectivity index (χ4n) is 2.23. The van der Waals surface area contributed by atoms with E-state index in [0.29, 0.717) is 11.8 Å². The molecule has 1 fully saturated rings. The van der Waals surface area contributed by atoms with Gasteiger partial charge >= 0.3 is 0 Å². The third kappa shape index (κ3) is 3.36. The number of halogens is 1. The molecule has 0 spiro atoms. The predicted octanol–water partition coefficient (Wildman–Crippen LogP) is 3.37. The van der Waals surface area contributed by atoms with Crippen molar-refractivity contribution >= 4 is 21.6 Å². The van der Waals surface area contributed by atoms with Gasteiger partial charge in [0.15, 0.2) is 0 Å². The Bertz CT molecular complexity index is 384. The van der Waals surface area contributed by atoms with Crippen molar-refractivity contribution in [2.45, 2.75) is 37.9 Å². The molecule has 17 heavy (non-hydrogen) atoms. The second kappa shape index (κ2) is 5.74. The molecule has 0 heterocycles. The van der Waals surface area contributed by atoms with Gasteiger partial charge in [-0.3, -0.25) is 0 Å². The highest BCUT2D eigenvalue weighted by molar-refractivity contribution is 9.10. The molecule has 1 aromatic rings. The van der Waals surface area contributed by atoms with Crippen molar-refractivity contribution in [3.63, 3.8) is 0 Å². The van der Waals surface area contributed by atoms with Gasteiger partial charge < -0.3 is 15.2 Å². The maximum atomic E-state index is 5.95. The Kier molecular flexibility index (Phi) is 4.29. The highest BCUT2D eigenvalue weighted by Gasteiger charge is 2.23. The lowest BCUT2D eigenvalue weighted by atomic mass is 9.95. The van der Waals surface area contributed by atoms with E-state index in [0.717, 1.165) is 35.9 Å². The van der Waals surface area contributed by atoms with Crippen molar-refractivity contribution in [3.8, 4) is 5.75 Å². The fourth-order valence-corrected chi connectivity index (χ4v) is 2.61. The van der Waals surface area contributed by atoms with Crippen LogP contribution in [0.3, 0.4) is 0 Å². The maximum Gasteiger partial charge on any atom is 0.142 e. The van der Waals surface area contributed by atoms with Crippen LogP contribution >= 0.6 is 15.9 Å². The molecule has 3 nitrogen and oxygen atoms in total. The third-order valence-corrected chi connectivity index (χ3v) is 3.67. The van der Waals surface area contributed by atoms with E-state index in [-0.39, 0.29) is 6.10 Å².